The van der Waals surface area contributed by atoms with Gasteiger partial charge in [-0.05, 0) is 63.1 Å². The molecule has 1 atom stereocenters. The summed E-state index contributed by atoms with van der Waals surface area (Å²) in [4.78, 5) is 21.8. The fourth-order valence-corrected chi connectivity index (χ4v) is 4.88. The van der Waals surface area contributed by atoms with Crippen molar-refractivity contribution >= 4 is 34.3 Å². The van der Waals surface area contributed by atoms with E-state index in [9.17, 15) is 4.79 Å². The molecule has 1 fully saturated rings. The standard InChI is InChI=1S/C24H30N4OS/c1-16-14-18(17(2)25-20-10-6-7-11-21(20)30-4)22-19(15-16)23(29)27(3)24(26-22)28-12-8-5-9-13-28/h6-7,10-11,14-15,17,25H,5,8-9,12-13H2,1-4H3. The molecule has 1 N–H and O–H groups in total. The van der Waals surface area contributed by atoms with Crippen LogP contribution in [0.15, 0.2) is 46.1 Å². The summed E-state index contributed by atoms with van der Waals surface area (Å²) in [6.07, 6.45) is 5.64. The lowest BCUT2D eigenvalue weighted by molar-refractivity contribution is 0.558. The number of aromatic nitrogens is 2. The number of rotatable bonds is 5. The van der Waals surface area contributed by atoms with Crippen LogP contribution in [0.2, 0.25) is 0 Å². The summed E-state index contributed by atoms with van der Waals surface area (Å²) < 4.78 is 1.72. The van der Waals surface area contributed by atoms with Crippen LogP contribution in [0.3, 0.4) is 0 Å². The maximum Gasteiger partial charge on any atom is 0.262 e. The molecule has 4 rings (SSSR count). The molecule has 0 spiro atoms. The molecule has 1 aliphatic heterocycles. The number of para-hydroxylation sites is 1. The highest BCUT2D eigenvalue weighted by Gasteiger charge is 2.21. The summed E-state index contributed by atoms with van der Waals surface area (Å²) in [5.74, 6) is 0.786. The third kappa shape index (κ3) is 3.93. The number of nitrogens with one attached hydrogen (secondary N) is 1. The van der Waals surface area contributed by atoms with Gasteiger partial charge in [-0.25, -0.2) is 4.98 Å². The van der Waals surface area contributed by atoms with E-state index in [-0.39, 0.29) is 11.6 Å². The largest absolute Gasteiger partial charge is 0.378 e. The van der Waals surface area contributed by atoms with Crippen LogP contribution in [-0.4, -0.2) is 28.9 Å². The summed E-state index contributed by atoms with van der Waals surface area (Å²) in [5.41, 5.74) is 4.09. The Morgan fingerprint density at radius 2 is 1.87 bits per heavy atom. The molecule has 0 amide bonds. The number of hydrogen-bond donors (Lipinski definition) is 1. The first-order chi connectivity index (χ1) is 14.5. The molecule has 1 aliphatic rings. The van der Waals surface area contributed by atoms with E-state index in [1.54, 1.807) is 16.3 Å². The second-order valence-corrected chi connectivity index (χ2v) is 8.99. The molecule has 0 radical (unpaired) electrons. The van der Waals surface area contributed by atoms with Gasteiger partial charge < -0.3 is 10.2 Å². The van der Waals surface area contributed by atoms with Gasteiger partial charge in [0.05, 0.1) is 16.9 Å². The van der Waals surface area contributed by atoms with Gasteiger partial charge in [0.2, 0.25) is 5.95 Å². The lowest BCUT2D eigenvalue weighted by Gasteiger charge is -2.29. The summed E-state index contributed by atoms with van der Waals surface area (Å²) in [5, 5.41) is 4.34. The van der Waals surface area contributed by atoms with Crippen molar-refractivity contribution in [3.05, 3.63) is 57.9 Å². The maximum absolute atomic E-state index is 13.3. The SMILES string of the molecule is CSc1ccccc1NC(C)c1cc(C)cc2c(=O)n(C)c(N3CCCCC3)nc12. The van der Waals surface area contributed by atoms with Crippen LogP contribution < -0.4 is 15.8 Å². The Hall–Kier alpha value is -2.47. The minimum Gasteiger partial charge on any atom is -0.378 e. The Kier molecular flexibility index (Phi) is 6.04. The topological polar surface area (TPSA) is 50.2 Å². The first-order valence-corrected chi connectivity index (χ1v) is 11.9. The van der Waals surface area contributed by atoms with Crippen LogP contribution in [0, 0.1) is 6.92 Å². The normalized spacial score (nSPS) is 15.4. The number of anilines is 2. The highest BCUT2D eigenvalue weighted by molar-refractivity contribution is 7.98. The van der Waals surface area contributed by atoms with E-state index in [4.69, 9.17) is 4.98 Å². The van der Waals surface area contributed by atoms with Gasteiger partial charge in [-0.3, -0.25) is 9.36 Å². The van der Waals surface area contributed by atoms with Crippen molar-refractivity contribution in [2.24, 2.45) is 7.05 Å². The monoisotopic (exact) mass is 422 g/mol. The number of aryl methyl sites for hydroxylation is 1. The lowest BCUT2D eigenvalue weighted by atomic mass is 10.0. The molecular formula is C24H30N4OS. The first-order valence-electron chi connectivity index (χ1n) is 10.7. The Morgan fingerprint density at radius 3 is 2.60 bits per heavy atom. The summed E-state index contributed by atoms with van der Waals surface area (Å²) in [6, 6.07) is 12.5. The third-order valence-corrected chi connectivity index (χ3v) is 6.71. The molecule has 2 aromatic carbocycles. The number of fused-ring (bicyclic) bond motifs is 1. The number of nitrogens with zero attached hydrogens (tertiary/aromatic N) is 3. The van der Waals surface area contributed by atoms with Crippen LogP contribution in [0.25, 0.3) is 10.9 Å². The fraction of sp³-hybridized carbons (Fsp3) is 0.417. The molecule has 1 saturated heterocycles. The Bertz CT molecular complexity index is 1120. The number of benzene rings is 2. The molecule has 1 aromatic heterocycles. The molecule has 1 unspecified atom stereocenters. The van der Waals surface area contributed by atoms with E-state index in [1.165, 1.54) is 11.3 Å². The smallest absolute Gasteiger partial charge is 0.262 e. The number of thioether (sulfide) groups is 1. The minimum atomic E-state index is 0.0227. The first kappa shape index (κ1) is 20.8. The third-order valence-electron chi connectivity index (χ3n) is 5.91. The average Bonchev–Trinajstić information content (AvgIpc) is 2.77. The van der Waals surface area contributed by atoms with Crippen molar-refractivity contribution in [3.8, 4) is 0 Å². The quantitative estimate of drug-likeness (QED) is 0.578. The molecule has 0 aliphatic carbocycles. The molecule has 0 saturated carbocycles. The molecule has 2 heterocycles. The van der Waals surface area contributed by atoms with Crippen molar-refractivity contribution in [1.82, 2.24) is 9.55 Å². The van der Waals surface area contributed by atoms with Crippen LogP contribution in [0.5, 0.6) is 0 Å². The Labute approximate surface area is 182 Å². The van der Waals surface area contributed by atoms with Crippen LogP contribution >= 0.6 is 11.8 Å². The second-order valence-electron chi connectivity index (χ2n) is 8.14. The van der Waals surface area contributed by atoms with Crippen molar-refractivity contribution in [1.29, 1.82) is 0 Å². The van der Waals surface area contributed by atoms with Gasteiger partial charge in [0.15, 0.2) is 0 Å². The maximum atomic E-state index is 13.3. The van der Waals surface area contributed by atoms with Crippen LogP contribution in [0.4, 0.5) is 11.6 Å². The molecule has 3 aromatic rings. The molecular weight excluding hydrogens is 392 g/mol. The minimum absolute atomic E-state index is 0.0227. The summed E-state index contributed by atoms with van der Waals surface area (Å²) in [6.45, 7) is 6.11. The van der Waals surface area contributed by atoms with Gasteiger partial charge in [0.1, 0.15) is 0 Å². The van der Waals surface area contributed by atoms with Crippen molar-refractivity contribution in [3.63, 3.8) is 0 Å². The Morgan fingerprint density at radius 1 is 1.13 bits per heavy atom. The second kappa shape index (κ2) is 8.72. The zero-order valence-electron chi connectivity index (χ0n) is 18.2. The molecule has 5 nitrogen and oxygen atoms in total. The van der Waals surface area contributed by atoms with E-state index in [1.807, 2.05) is 26.1 Å². The van der Waals surface area contributed by atoms with Gasteiger partial charge in [-0.2, -0.15) is 0 Å². The van der Waals surface area contributed by atoms with Gasteiger partial charge in [-0.1, -0.05) is 18.2 Å². The highest BCUT2D eigenvalue weighted by atomic mass is 32.2. The highest BCUT2D eigenvalue weighted by Crippen LogP contribution is 2.31. The van der Waals surface area contributed by atoms with E-state index in [0.717, 1.165) is 54.2 Å². The number of hydrogen-bond acceptors (Lipinski definition) is 5. The van der Waals surface area contributed by atoms with E-state index >= 15 is 0 Å². The number of piperidine rings is 1. The van der Waals surface area contributed by atoms with Crippen molar-refractivity contribution in [2.75, 3.05) is 29.6 Å². The van der Waals surface area contributed by atoms with Gasteiger partial charge in [0.25, 0.3) is 5.56 Å². The van der Waals surface area contributed by atoms with Gasteiger partial charge in [-0.15, -0.1) is 11.8 Å². The summed E-state index contributed by atoms with van der Waals surface area (Å²) >= 11 is 1.73. The van der Waals surface area contributed by atoms with Crippen molar-refractivity contribution < 1.29 is 0 Å². The molecule has 30 heavy (non-hydrogen) atoms. The average molecular weight is 423 g/mol. The van der Waals surface area contributed by atoms with E-state index < -0.39 is 0 Å². The fourth-order valence-electron chi connectivity index (χ4n) is 4.32. The zero-order valence-corrected chi connectivity index (χ0v) is 19.1. The molecule has 0 bridgehead atoms. The predicted octanol–water partition coefficient (Wildman–Crippen LogP) is 5.13. The summed E-state index contributed by atoms with van der Waals surface area (Å²) in [7, 11) is 1.84. The molecule has 6 heteroatoms. The van der Waals surface area contributed by atoms with Gasteiger partial charge >= 0.3 is 0 Å². The molecule has 158 valence electrons. The zero-order chi connectivity index (χ0) is 21.3. The Balaban J connectivity index is 1.82. The van der Waals surface area contributed by atoms with Crippen LogP contribution in [-0.2, 0) is 7.05 Å². The van der Waals surface area contributed by atoms with Crippen molar-refractivity contribution in [2.45, 2.75) is 44.0 Å². The predicted molar refractivity (Wildman–Crippen MR) is 128 cm³/mol. The van der Waals surface area contributed by atoms with Gasteiger partial charge in [0, 0.05) is 36.3 Å². The van der Waals surface area contributed by atoms with E-state index in [2.05, 4.69) is 47.7 Å². The van der Waals surface area contributed by atoms with E-state index in [0.29, 0.717) is 5.39 Å². The lowest BCUT2D eigenvalue weighted by Crippen LogP contribution is -2.35. The van der Waals surface area contributed by atoms with Crippen LogP contribution in [0.1, 0.15) is 43.4 Å².